The van der Waals surface area contributed by atoms with E-state index in [9.17, 15) is 9.59 Å². The molecule has 1 aliphatic heterocycles. The third kappa shape index (κ3) is 42.0. The van der Waals surface area contributed by atoms with E-state index in [4.69, 9.17) is 30.0 Å². The molecule has 0 spiro atoms. The largest absolute Gasteiger partial charge is 0.528 e. The van der Waals surface area contributed by atoms with Crippen molar-refractivity contribution in [3.63, 3.8) is 0 Å². The summed E-state index contributed by atoms with van der Waals surface area (Å²) in [5.74, 6) is 0. The van der Waals surface area contributed by atoms with Crippen LogP contribution in [0.4, 0.5) is 19.2 Å². The smallest absolute Gasteiger partial charge is 0.450 e. The molecule has 0 aromatic heterocycles. The van der Waals surface area contributed by atoms with E-state index in [0.717, 1.165) is 0 Å². The molecule has 0 radical (unpaired) electrons. The van der Waals surface area contributed by atoms with Crippen LogP contribution in [0.1, 0.15) is 13.8 Å². The van der Waals surface area contributed by atoms with Crippen LogP contribution < -0.4 is 0 Å². The molecule has 0 aromatic rings. The van der Waals surface area contributed by atoms with Crippen molar-refractivity contribution in [1.82, 2.24) is 0 Å². The Morgan fingerprint density at radius 1 is 0.812 bits per heavy atom. The lowest BCUT2D eigenvalue weighted by Gasteiger charge is -2.05. The maximum atomic E-state index is 9.44. The van der Waals surface area contributed by atoms with Crippen molar-refractivity contribution in [2.45, 2.75) is 13.8 Å². The first-order chi connectivity index (χ1) is 7.25. The zero-order valence-electron chi connectivity index (χ0n) is 8.24. The summed E-state index contributed by atoms with van der Waals surface area (Å²) in [4.78, 5) is 36.0. The molecular formula is C6H10O10. The Kier molecular flexibility index (Phi) is 14.9. The fraction of sp³-hybridized carbons (Fsp3) is 0.333. The number of hydrogen-bond acceptors (Lipinski definition) is 6. The summed E-state index contributed by atoms with van der Waals surface area (Å²) in [7, 11) is 0. The summed E-state index contributed by atoms with van der Waals surface area (Å²) in [6, 6.07) is 0. The molecule has 16 heavy (non-hydrogen) atoms. The summed E-state index contributed by atoms with van der Waals surface area (Å²) < 4.78 is 7.28. The van der Waals surface area contributed by atoms with Gasteiger partial charge >= 0.3 is 24.6 Å². The quantitative estimate of drug-likeness (QED) is 0.362. The highest BCUT2D eigenvalue weighted by Crippen LogP contribution is 2.00. The van der Waals surface area contributed by atoms with Crippen LogP contribution in [0.5, 0.6) is 0 Å². The highest BCUT2D eigenvalue weighted by molar-refractivity contribution is 5.93. The number of hydrogen-bond donors (Lipinski definition) is 4. The van der Waals surface area contributed by atoms with Crippen LogP contribution >= 0.6 is 0 Å². The molecule has 0 aromatic carbocycles. The van der Waals surface area contributed by atoms with Crippen molar-refractivity contribution in [2.24, 2.45) is 0 Å². The Balaban J connectivity index is -0.000000152. The molecule has 4 N–H and O–H groups in total. The summed E-state index contributed by atoms with van der Waals surface area (Å²) in [6.07, 6.45) is -5.50. The number of carbonyl (C=O) groups excluding carboxylic acids is 2. The van der Waals surface area contributed by atoms with Crippen molar-refractivity contribution in [3.05, 3.63) is 0 Å². The van der Waals surface area contributed by atoms with Gasteiger partial charge in [-0.25, -0.2) is 19.2 Å². The SMILES string of the molecule is CC.O=C(O)O.O=C(O)O.O=C1OC(=O)O1. The lowest BCUT2D eigenvalue weighted by atomic mass is 11.0. The van der Waals surface area contributed by atoms with Crippen molar-refractivity contribution in [2.75, 3.05) is 0 Å². The number of rotatable bonds is 0. The topological polar surface area (TPSA) is 168 Å². The molecule has 0 atom stereocenters. The number of cyclic esters (lactones) is 4. The van der Waals surface area contributed by atoms with Crippen LogP contribution in [-0.4, -0.2) is 45.0 Å². The van der Waals surface area contributed by atoms with Gasteiger partial charge in [-0.1, -0.05) is 13.8 Å². The van der Waals surface area contributed by atoms with Gasteiger partial charge in [0.15, 0.2) is 0 Å². The van der Waals surface area contributed by atoms with Crippen molar-refractivity contribution in [3.8, 4) is 0 Å². The molecule has 0 saturated carbocycles. The Labute approximate surface area is 88.6 Å². The Hall–Kier alpha value is -2.52. The van der Waals surface area contributed by atoms with Crippen molar-refractivity contribution < 1.29 is 49.1 Å². The van der Waals surface area contributed by atoms with E-state index in [1.807, 2.05) is 13.8 Å². The molecule has 1 fully saturated rings. The summed E-state index contributed by atoms with van der Waals surface area (Å²) in [6.45, 7) is 4.00. The molecular weight excluding hydrogens is 232 g/mol. The molecule has 1 aliphatic rings. The first kappa shape index (κ1) is 19.1. The van der Waals surface area contributed by atoms with Crippen LogP contribution in [0.3, 0.4) is 0 Å². The van der Waals surface area contributed by atoms with Gasteiger partial charge < -0.3 is 29.9 Å². The van der Waals surface area contributed by atoms with Gasteiger partial charge in [0.25, 0.3) is 0 Å². The molecule has 0 amide bonds. The van der Waals surface area contributed by atoms with E-state index in [2.05, 4.69) is 9.47 Å². The van der Waals surface area contributed by atoms with Crippen LogP contribution in [-0.2, 0) is 9.47 Å². The maximum absolute atomic E-state index is 9.44. The lowest BCUT2D eigenvalue weighted by Crippen LogP contribution is -2.27. The highest BCUT2D eigenvalue weighted by atomic mass is 16.9. The highest BCUT2D eigenvalue weighted by Gasteiger charge is 2.27. The summed E-state index contributed by atoms with van der Waals surface area (Å²) >= 11 is 0. The first-order valence-corrected chi connectivity index (χ1v) is 3.53. The van der Waals surface area contributed by atoms with Gasteiger partial charge in [-0.3, -0.25) is 0 Å². The average molecular weight is 242 g/mol. The second kappa shape index (κ2) is 12.5. The minimum atomic E-state index is -1.83. The normalized spacial score (nSPS) is 10.1. The standard InChI is InChI=1S/C2O4.C2H6.2CH2O3/c3-1-5-2(4)6-1;1-2;2*2-1(3)4/h;1-2H3;2*(H2,2,3,4). The van der Waals surface area contributed by atoms with E-state index in [-0.39, 0.29) is 0 Å². The molecule has 1 saturated heterocycles. The first-order valence-electron chi connectivity index (χ1n) is 3.53. The predicted molar refractivity (Wildman–Crippen MR) is 45.6 cm³/mol. The maximum Gasteiger partial charge on any atom is 0.528 e. The minimum Gasteiger partial charge on any atom is -0.450 e. The average Bonchev–Trinajstić information content (AvgIpc) is 2.03. The Morgan fingerprint density at radius 2 is 0.938 bits per heavy atom. The zero-order valence-corrected chi connectivity index (χ0v) is 8.24. The fourth-order valence-electron chi connectivity index (χ4n) is 0.144. The molecule has 0 unspecified atom stereocenters. The monoisotopic (exact) mass is 242 g/mol. The second-order valence-electron chi connectivity index (χ2n) is 1.27. The molecule has 10 nitrogen and oxygen atoms in total. The van der Waals surface area contributed by atoms with Gasteiger partial charge in [0.1, 0.15) is 0 Å². The van der Waals surface area contributed by atoms with Gasteiger partial charge in [0.05, 0.1) is 0 Å². The predicted octanol–water partition coefficient (Wildman–Crippen LogP) is 1.74. The van der Waals surface area contributed by atoms with Gasteiger partial charge in [-0.2, -0.15) is 0 Å². The van der Waals surface area contributed by atoms with Gasteiger partial charge in [0, 0.05) is 0 Å². The lowest BCUT2D eigenvalue weighted by molar-refractivity contribution is 0.00674. The van der Waals surface area contributed by atoms with Gasteiger partial charge in [-0.15, -0.1) is 0 Å². The Bertz CT molecular complexity index is 202. The van der Waals surface area contributed by atoms with Crippen LogP contribution in [0.25, 0.3) is 0 Å². The van der Waals surface area contributed by atoms with E-state index in [0.29, 0.717) is 0 Å². The van der Waals surface area contributed by atoms with Crippen molar-refractivity contribution in [1.29, 1.82) is 0 Å². The number of carboxylic acid groups (broad SMARTS) is 4. The third-order valence-corrected chi connectivity index (χ3v) is 0.333. The second-order valence-corrected chi connectivity index (χ2v) is 1.27. The van der Waals surface area contributed by atoms with E-state index in [1.165, 1.54) is 0 Å². The number of ether oxygens (including phenoxy) is 2. The van der Waals surface area contributed by atoms with Crippen LogP contribution in [0.15, 0.2) is 0 Å². The van der Waals surface area contributed by atoms with Gasteiger partial charge in [0.2, 0.25) is 0 Å². The molecule has 0 aliphatic carbocycles. The van der Waals surface area contributed by atoms with E-state index < -0.39 is 24.6 Å². The molecule has 94 valence electrons. The molecule has 10 heteroatoms. The summed E-state index contributed by atoms with van der Waals surface area (Å²) in [5, 5.41) is 27.9. The molecule has 1 heterocycles. The van der Waals surface area contributed by atoms with E-state index >= 15 is 0 Å². The molecule has 1 rings (SSSR count). The van der Waals surface area contributed by atoms with Gasteiger partial charge in [-0.05, 0) is 0 Å². The third-order valence-electron chi connectivity index (χ3n) is 0.333. The fourth-order valence-corrected chi connectivity index (χ4v) is 0.144. The van der Waals surface area contributed by atoms with Crippen molar-refractivity contribution >= 4 is 24.6 Å². The van der Waals surface area contributed by atoms with Crippen LogP contribution in [0, 0.1) is 0 Å². The van der Waals surface area contributed by atoms with E-state index in [1.54, 1.807) is 0 Å². The molecule has 0 bridgehead atoms. The summed E-state index contributed by atoms with van der Waals surface area (Å²) in [5.41, 5.74) is 0. The minimum absolute atomic E-state index is 0.917. The Morgan fingerprint density at radius 3 is 0.938 bits per heavy atom. The van der Waals surface area contributed by atoms with Crippen LogP contribution in [0.2, 0.25) is 0 Å². The number of carbonyl (C=O) groups is 4. The zero-order chi connectivity index (χ0) is 13.7.